The number of hydrogen-bond acceptors (Lipinski definition) is 3. The first-order valence-electron chi connectivity index (χ1n) is 13.9. The van der Waals surface area contributed by atoms with Gasteiger partial charge in [-0.15, -0.1) is 34.9 Å². The summed E-state index contributed by atoms with van der Waals surface area (Å²) in [6, 6.07) is 18.5. The third-order valence-electron chi connectivity index (χ3n) is 7.19. The summed E-state index contributed by atoms with van der Waals surface area (Å²) in [6.45, 7) is 9.37. The van der Waals surface area contributed by atoms with Gasteiger partial charge in [0, 0.05) is 44.2 Å². The minimum atomic E-state index is -4.35. The Kier molecular flexibility index (Phi) is 12.9. The van der Waals surface area contributed by atoms with Gasteiger partial charge in [-0.25, -0.2) is 4.39 Å². The summed E-state index contributed by atoms with van der Waals surface area (Å²) in [5.74, 6) is -2.21. The van der Waals surface area contributed by atoms with E-state index >= 15 is 0 Å². The Labute approximate surface area is 258 Å². The molecule has 3 nitrogen and oxygen atoms in total. The van der Waals surface area contributed by atoms with Crippen molar-refractivity contribution in [3.05, 3.63) is 89.6 Å². The Hall–Kier alpha value is -3.09. The fourth-order valence-corrected chi connectivity index (χ4v) is 5.02. The van der Waals surface area contributed by atoms with Crippen molar-refractivity contribution in [2.45, 2.75) is 66.5 Å². The number of carbonyl (C=O) groups excluding carboxylic acids is 1. The zero-order chi connectivity index (χ0) is 30.3. The summed E-state index contributed by atoms with van der Waals surface area (Å²) < 4.78 is 50.2. The first-order valence-corrected chi connectivity index (χ1v) is 13.9. The average Bonchev–Trinajstić information content (AvgIpc) is 2.91. The number of aromatic nitrogens is 1. The van der Waals surface area contributed by atoms with Gasteiger partial charge >= 0.3 is 6.18 Å². The van der Waals surface area contributed by atoms with Crippen LogP contribution in [0.4, 0.5) is 17.6 Å². The third-order valence-corrected chi connectivity index (χ3v) is 7.19. The van der Waals surface area contributed by atoms with Gasteiger partial charge in [0.05, 0.1) is 12.2 Å². The number of ketones is 1. The molecule has 1 aromatic heterocycles. The fraction of sp³-hybridized carbons (Fsp3) is 0.353. The van der Waals surface area contributed by atoms with Crippen LogP contribution in [0.25, 0.3) is 32.8 Å². The second-order valence-electron chi connectivity index (χ2n) is 10.3. The van der Waals surface area contributed by atoms with Crippen LogP contribution in [0.3, 0.4) is 0 Å². The van der Waals surface area contributed by atoms with E-state index in [-0.39, 0.29) is 44.0 Å². The van der Waals surface area contributed by atoms with Gasteiger partial charge in [-0.05, 0) is 64.7 Å². The minimum absolute atomic E-state index is 0. The number of aliphatic hydroxyl groups is 1. The molecule has 0 aliphatic heterocycles. The average molecular weight is 759 g/mol. The topological polar surface area (TPSA) is 50.2 Å². The van der Waals surface area contributed by atoms with E-state index in [1.54, 1.807) is 6.07 Å². The Bertz CT molecular complexity index is 1520. The van der Waals surface area contributed by atoms with Gasteiger partial charge in [0.1, 0.15) is 5.82 Å². The molecule has 0 bridgehead atoms. The van der Waals surface area contributed by atoms with Crippen LogP contribution in [-0.2, 0) is 24.9 Å². The van der Waals surface area contributed by atoms with Crippen molar-refractivity contribution in [3.8, 4) is 11.3 Å². The number of hydrogen-bond donors (Lipinski definition) is 1. The van der Waals surface area contributed by atoms with Gasteiger partial charge < -0.3 is 10.1 Å². The van der Waals surface area contributed by atoms with E-state index < -0.39 is 24.3 Å². The van der Waals surface area contributed by atoms with Crippen molar-refractivity contribution in [3.63, 3.8) is 0 Å². The molecule has 0 spiro atoms. The van der Waals surface area contributed by atoms with Gasteiger partial charge in [-0.1, -0.05) is 52.8 Å². The molecular weight excluding hydrogens is 723 g/mol. The minimum Gasteiger partial charge on any atom is -0.512 e. The number of fused-ring (bicyclic) bond motifs is 3. The molecule has 227 valence electrons. The molecule has 3 aromatic carbocycles. The number of benzene rings is 3. The number of aryl methyl sites for hydroxylation is 2. The molecule has 1 N–H and O–H groups in total. The zero-order valence-corrected chi connectivity index (χ0v) is 26.8. The molecule has 1 radical (unpaired) electrons. The van der Waals surface area contributed by atoms with E-state index in [1.807, 2.05) is 51.2 Å². The molecule has 0 aliphatic rings. The predicted octanol–water partition coefficient (Wildman–Crippen LogP) is 10.0. The summed E-state index contributed by atoms with van der Waals surface area (Å²) >= 11 is 0. The van der Waals surface area contributed by atoms with E-state index in [4.69, 9.17) is 0 Å². The number of pyridine rings is 1. The maximum atomic E-state index is 13.5. The van der Waals surface area contributed by atoms with E-state index in [1.165, 1.54) is 18.6 Å². The quantitative estimate of drug-likeness (QED) is 0.0640. The number of nitrogens with zero attached hydrogens (tertiary/aromatic N) is 1. The summed E-state index contributed by atoms with van der Waals surface area (Å²) in [6.07, 6.45) is -1.28. The summed E-state index contributed by atoms with van der Waals surface area (Å²) in [4.78, 5) is 16.2. The summed E-state index contributed by atoms with van der Waals surface area (Å²) in [7, 11) is 0. The standard InChI is InChI=1S/C21H15FN.C13H21F3O2.Ir/c1-13-9-14(2)11-16(10-13)21-20-5-3-15-12-17(22)4-6-18(15)19(20)7-8-23-21;1-4-9(5-2)11(17)7-12(18)10(6-3)8-13(14,15)16;/h3-10,12H,1-2H3;7,9-10,17H,4-6,8H2,1-3H3;/q-1;;/b;11-7-;. The monoisotopic (exact) mass is 759 g/mol. The van der Waals surface area contributed by atoms with Crippen molar-refractivity contribution in [1.29, 1.82) is 0 Å². The maximum absolute atomic E-state index is 13.5. The second kappa shape index (κ2) is 15.4. The van der Waals surface area contributed by atoms with Crippen molar-refractivity contribution in [2.75, 3.05) is 0 Å². The molecule has 0 saturated heterocycles. The van der Waals surface area contributed by atoms with Crippen molar-refractivity contribution < 1.29 is 47.6 Å². The first-order chi connectivity index (χ1) is 19.4. The van der Waals surface area contributed by atoms with Crippen LogP contribution >= 0.6 is 0 Å². The molecule has 0 fully saturated rings. The summed E-state index contributed by atoms with van der Waals surface area (Å²) in [5.41, 5.74) is 4.20. The molecular formula is C34H36F4IrNO2-. The van der Waals surface area contributed by atoms with Gasteiger partial charge in [0.15, 0.2) is 5.78 Å². The largest absolute Gasteiger partial charge is 0.512 e. The predicted molar refractivity (Wildman–Crippen MR) is 157 cm³/mol. The number of carbonyl (C=O) groups is 1. The van der Waals surface area contributed by atoms with E-state index in [0.29, 0.717) is 12.8 Å². The van der Waals surface area contributed by atoms with E-state index in [9.17, 15) is 27.5 Å². The molecule has 1 heterocycles. The first kappa shape index (κ1) is 35.1. The van der Waals surface area contributed by atoms with Crippen molar-refractivity contribution >= 4 is 27.3 Å². The van der Waals surface area contributed by atoms with Crippen LogP contribution in [0.1, 0.15) is 57.6 Å². The van der Waals surface area contributed by atoms with E-state index in [2.05, 4.69) is 30.1 Å². The van der Waals surface area contributed by atoms with Gasteiger partial charge in [-0.3, -0.25) is 4.79 Å². The van der Waals surface area contributed by atoms with Crippen LogP contribution in [0.15, 0.2) is 66.6 Å². The third kappa shape index (κ3) is 9.20. The van der Waals surface area contributed by atoms with Gasteiger partial charge in [0.2, 0.25) is 0 Å². The van der Waals surface area contributed by atoms with Crippen LogP contribution in [0, 0.1) is 37.6 Å². The Balaban J connectivity index is 0.000000298. The van der Waals surface area contributed by atoms with Crippen LogP contribution < -0.4 is 0 Å². The molecule has 4 aromatic rings. The molecule has 1 unspecified atom stereocenters. The summed E-state index contributed by atoms with van der Waals surface area (Å²) in [5, 5.41) is 13.8. The molecule has 8 heteroatoms. The number of allylic oxidation sites excluding steroid dienone is 2. The van der Waals surface area contributed by atoms with Crippen molar-refractivity contribution in [2.24, 2.45) is 11.8 Å². The van der Waals surface area contributed by atoms with Gasteiger partial charge in [0.25, 0.3) is 0 Å². The smallest absolute Gasteiger partial charge is 0.389 e. The Morgan fingerprint density at radius 3 is 2.17 bits per heavy atom. The second-order valence-corrected chi connectivity index (χ2v) is 10.3. The molecule has 0 saturated carbocycles. The number of halogens is 4. The Morgan fingerprint density at radius 2 is 1.57 bits per heavy atom. The van der Waals surface area contributed by atoms with E-state index in [0.717, 1.165) is 44.4 Å². The Morgan fingerprint density at radius 1 is 0.929 bits per heavy atom. The number of rotatable bonds is 8. The number of alkyl halides is 3. The zero-order valence-electron chi connectivity index (χ0n) is 24.4. The molecule has 1 atom stereocenters. The molecule has 0 amide bonds. The SMILES string of the molecule is CCC(CC(F)(F)F)C(=O)/C=C(\O)C(CC)CC.Cc1[c-]c(-c2nccc3c2ccc2cc(F)ccc23)cc(C)c1.[Ir]. The molecule has 4 rings (SSSR count). The van der Waals surface area contributed by atoms with Crippen LogP contribution in [-0.4, -0.2) is 22.1 Å². The molecule has 0 aliphatic carbocycles. The normalized spacial score (nSPS) is 12.6. The van der Waals surface area contributed by atoms with Gasteiger partial charge in [-0.2, -0.15) is 13.2 Å². The van der Waals surface area contributed by atoms with Crippen LogP contribution in [0.5, 0.6) is 0 Å². The maximum Gasteiger partial charge on any atom is 0.389 e. The molecule has 42 heavy (non-hydrogen) atoms. The fourth-order valence-electron chi connectivity index (χ4n) is 5.02. The van der Waals surface area contributed by atoms with Crippen LogP contribution in [0.2, 0.25) is 0 Å². The number of aliphatic hydroxyl groups excluding tert-OH is 1. The van der Waals surface area contributed by atoms with Crippen molar-refractivity contribution in [1.82, 2.24) is 4.98 Å².